The second kappa shape index (κ2) is 11.6. The predicted molar refractivity (Wildman–Crippen MR) is 112 cm³/mol. The number of aryl methyl sites for hydroxylation is 1. The molecule has 1 aromatic rings. The molecule has 0 aliphatic carbocycles. The molecule has 2 heterocycles. The molecule has 1 saturated heterocycles. The fourth-order valence-electron chi connectivity index (χ4n) is 3.03. The Morgan fingerprint density at radius 1 is 1.33 bits per heavy atom. The number of pyridine rings is 1. The molecule has 6 heteroatoms. The summed E-state index contributed by atoms with van der Waals surface area (Å²) >= 11 is 0. The maximum absolute atomic E-state index is 4.78. The van der Waals surface area contributed by atoms with Crippen LogP contribution in [0.4, 0.5) is 0 Å². The van der Waals surface area contributed by atoms with E-state index in [1.54, 1.807) is 0 Å². The van der Waals surface area contributed by atoms with E-state index in [0.29, 0.717) is 6.04 Å². The third kappa shape index (κ3) is 6.93. The normalized spacial score (nSPS) is 18.3. The molecule has 136 valence electrons. The minimum Gasteiger partial charge on any atom is -0.357 e. The van der Waals surface area contributed by atoms with Gasteiger partial charge in [0.05, 0.1) is 6.54 Å². The summed E-state index contributed by atoms with van der Waals surface area (Å²) < 4.78 is 0. The number of nitrogens with zero attached hydrogens (tertiary/aromatic N) is 3. The highest BCUT2D eigenvalue weighted by atomic mass is 127. The highest BCUT2D eigenvalue weighted by Crippen LogP contribution is 2.16. The number of aliphatic imine (C=N–C) groups is 1. The van der Waals surface area contributed by atoms with Crippen molar-refractivity contribution in [1.82, 2.24) is 20.5 Å². The number of guanidine groups is 1. The van der Waals surface area contributed by atoms with Crippen LogP contribution in [0.25, 0.3) is 0 Å². The van der Waals surface area contributed by atoms with Crippen LogP contribution < -0.4 is 10.6 Å². The van der Waals surface area contributed by atoms with Crippen molar-refractivity contribution in [1.29, 1.82) is 0 Å². The van der Waals surface area contributed by atoms with Crippen molar-refractivity contribution in [2.45, 2.75) is 46.1 Å². The number of halogens is 1. The average molecular weight is 445 g/mol. The largest absolute Gasteiger partial charge is 0.357 e. The van der Waals surface area contributed by atoms with E-state index in [1.807, 2.05) is 13.1 Å². The Balaban J connectivity index is 0.00000288. The Morgan fingerprint density at radius 3 is 2.83 bits per heavy atom. The van der Waals surface area contributed by atoms with Crippen LogP contribution in [-0.4, -0.2) is 54.6 Å². The fourth-order valence-corrected chi connectivity index (χ4v) is 3.03. The Bertz CT molecular complexity index is 489. The van der Waals surface area contributed by atoms with Crippen LogP contribution in [0.2, 0.25) is 0 Å². The molecular formula is C18H32IN5. The highest BCUT2D eigenvalue weighted by Gasteiger charge is 2.22. The quantitative estimate of drug-likeness (QED) is 0.385. The van der Waals surface area contributed by atoms with Crippen LogP contribution >= 0.6 is 24.0 Å². The molecule has 0 aromatic carbocycles. The molecule has 0 saturated carbocycles. The second-order valence-corrected chi connectivity index (χ2v) is 6.13. The summed E-state index contributed by atoms with van der Waals surface area (Å²) in [7, 11) is 0. The molecule has 24 heavy (non-hydrogen) atoms. The van der Waals surface area contributed by atoms with Gasteiger partial charge in [-0.25, -0.2) is 0 Å². The number of hydrogen-bond acceptors (Lipinski definition) is 3. The summed E-state index contributed by atoms with van der Waals surface area (Å²) in [4.78, 5) is 11.6. The predicted octanol–water partition coefficient (Wildman–Crippen LogP) is 2.59. The monoisotopic (exact) mass is 445 g/mol. The molecule has 1 fully saturated rings. The topological polar surface area (TPSA) is 52.6 Å². The lowest BCUT2D eigenvalue weighted by Gasteiger charge is -2.21. The van der Waals surface area contributed by atoms with Gasteiger partial charge in [0.15, 0.2) is 5.96 Å². The zero-order valence-corrected chi connectivity index (χ0v) is 17.5. The lowest BCUT2D eigenvalue weighted by atomic mass is 10.2. The van der Waals surface area contributed by atoms with Gasteiger partial charge in [-0.15, -0.1) is 24.0 Å². The van der Waals surface area contributed by atoms with E-state index in [2.05, 4.69) is 46.5 Å². The van der Waals surface area contributed by atoms with Gasteiger partial charge >= 0.3 is 0 Å². The van der Waals surface area contributed by atoms with E-state index in [4.69, 9.17) is 4.99 Å². The number of likely N-dealkylation sites (N-methyl/N-ethyl adjacent to an activating group) is 1. The molecule has 2 rings (SSSR count). The second-order valence-electron chi connectivity index (χ2n) is 6.13. The third-order valence-corrected chi connectivity index (χ3v) is 4.39. The van der Waals surface area contributed by atoms with Crippen LogP contribution in [0.1, 0.15) is 37.9 Å². The lowest BCUT2D eigenvalue weighted by Crippen LogP contribution is -2.40. The minimum atomic E-state index is 0. The summed E-state index contributed by atoms with van der Waals surface area (Å²) in [5.41, 5.74) is 2.32. The smallest absolute Gasteiger partial charge is 0.191 e. The van der Waals surface area contributed by atoms with Crippen LogP contribution in [0.15, 0.2) is 23.3 Å². The van der Waals surface area contributed by atoms with Crippen molar-refractivity contribution >= 4 is 29.9 Å². The first-order valence-electron chi connectivity index (χ1n) is 8.90. The van der Waals surface area contributed by atoms with Gasteiger partial charge in [-0.1, -0.05) is 13.0 Å². The van der Waals surface area contributed by atoms with Gasteiger partial charge in [0.2, 0.25) is 0 Å². The van der Waals surface area contributed by atoms with E-state index < -0.39 is 0 Å². The minimum absolute atomic E-state index is 0. The Hall–Kier alpha value is -0.890. The Morgan fingerprint density at radius 2 is 2.17 bits per heavy atom. The van der Waals surface area contributed by atoms with E-state index in [9.17, 15) is 0 Å². The van der Waals surface area contributed by atoms with Crippen molar-refractivity contribution < 1.29 is 0 Å². The van der Waals surface area contributed by atoms with E-state index in [0.717, 1.165) is 44.3 Å². The van der Waals surface area contributed by atoms with Gasteiger partial charge in [-0.3, -0.25) is 14.9 Å². The maximum Gasteiger partial charge on any atom is 0.191 e. The van der Waals surface area contributed by atoms with Crippen molar-refractivity contribution in [3.63, 3.8) is 0 Å². The molecule has 0 bridgehead atoms. The van der Waals surface area contributed by atoms with Crippen molar-refractivity contribution in [2.24, 2.45) is 4.99 Å². The van der Waals surface area contributed by atoms with Gasteiger partial charge in [-0.05, 0) is 57.8 Å². The van der Waals surface area contributed by atoms with Crippen molar-refractivity contribution in [2.75, 3.05) is 32.7 Å². The zero-order valence-electron chi connectivity index (χ0n) is 15.2. The highest BCUT2D eigenvalue weighted by molar-refractivity contribution is 14.0. The summed E-state index contributed by atoms with van der Waals surface area (Å²) in [5.74, 6) is 0.926. The van der Waals surface area contributed by atoms with Gasteiger partial charge in [0.25, 0.3) is 0 Å². The molecule has 0 amide bonds. The number of likely N-dealkylation sites (tertiary alicyclic amines) is 1. The van der Waals surface area contributed by atoms with Gasteiger partial charge in [0, 0.05) is 31.0 Å². The number of hydrogen-bond donors (Lipinski definition) is 2. The Labute approximate surface area is 163 Å². The standard InChI is InChI=1S/C18H31N5.HI/c1-4-19-18(22-14-17-7-6-12-23(17)5-2)20-11-10-16-9-8-15(3)21-13-16;/h8-9,13,17H,4-7,10-12,14H2,1-3H3,(H2,19,20,22);1H. The van der Waals surface area contributed by atoms with E-state index >= 15 is 0 Å². The van der Waals surface area contributed by atoms with Crippen LogP contribution in [-0.2, 0) is 6.42 Å². The number of aromatic nitrogens is 1. The Kier molecular flexibility index (Phi) is 10.2. The van der Waals surface area contributed by atoms with E-state index in [1.165, 1.54) is 24.9 Å². The fraction of sp³-hybridized carbons (Fsp3) is 0.667. The first-order valence-corrected chi connectivity index (χ1v) is 8.90. The molecular weight excluding hydrogens is 413 g/mol. The first-order chi connectivity index (χ1) is 11.2. The summed E-state index contributed by atoms with van der Waals surface area (Å²) in [5, 5.41) is 6.77. The number of nitrogens with one attached hydrogen (secondary N) is 2. The molecule has 1 aliphatic rings. The van der Waals surface area contributed by atoms with Crippen molar-refractivity contribution in [3.8, 4) is 0 Å². The summed E-state index contributed by atoms with van der Waals surface area (Å²) in [6.45, 7) is 11.4. The van der Waals surface area contributed by atoms with Gasteiger partial charge in [-0.2, -0.15) is 0 Å². The van der Waals surface area contributed by atoms with Crippen LogP contribution in [0, 0.1) is 6.92 Å². The molecule has 0 radical (unpaired) electrons. The van der Waals surface area contributed by atoms with Crippen LogP contribution in [0.5, 0.6) is 0 Å². The molecule has 0 spiro atoms. The molecule has 1 aliphatic heterocycles. The number of rotatable bonds is 7. The van der Waals surface area contributed by atoms with Gasteiger partial charge < -0.3 is 10.6 Å². The van der Waals surface area contributed by atoms with Crippen molar-refractivity contribution in [3.05, 3.63) is 29.6 Å². The molecule has 2 N–H and O–H groups in total. The molecule has 5 nitrogen and oxygen atoms in total. The average Bonchev–Trinajstić information content (AvgIpc) is 3.02. The van der Waals surface area contributed by atoms with E-state index in [-0.39, 0.29) is 24.0 Å². The molecule has 1 atom stereocenters. The lowest BCUT2D eigenvalue weighted by molar-refractivity contribution is 0.273. The SMILES string of the molecule is CCNC(=NCC1CCCN1CC)NCCc1ccc(C)nc1.I. The van der Waals surface area contributed by atoms with Crippen LogP contribution in [0.3, 0.4) is 0 Å². The zero-order chi connectivity index (χ0) is 16.5. The molecule has 1 unspecified atom stereocenters. The van der Waals surface area contributed by atoms with Gasteiger partial charge in [0.1, 0.15) is 0 Å². The first kappa shape index (κ1) is 21.2. The summed E-state index contributed by atoms with van der Waals surface area (Å²) in [6, 6.07) is 4.82. The maximum atomic E-state index is 4.78. The summed E-state index contributed by atoms with van der Waals surface area (Å²) in [6.07, 6.45) is 5.49. The molecule has 1 aromatic heterocycles. The third-order valence-electron chi connectivity index (χ3n) is 4.39.